The van der Waals surface area contributed by atoms with Crippen molar-refractivity contribution in [1.82, 2.24) is 0 Å². The standard InChI is InChI=1S/C23H20Cl2N2O4S/c24-20-12-7-17(14-21(20)25)26-23(28)15-31-18-8-10-19(11-9-18)32(29,30)27-13-3-5-16-4-1-2-6-22(16)27/h1-2,4,6-12,14H,3,5,13,15H2,(H,26,28). The normalized spacial score (nSPS) is 13.4. The van der Waals surface area contributed by atoms with Crippen LogP contribution in [0, 0.1) is 0 Å². The number of sulfonamides is 1. The summed E-state index contributed by atoms with van der Waals surface area (Å²) < 4.78 is 33.3. The molecule has 3 aromatic rings. The molecule has 4 rings (SSSR count). The van der Waals surface area contributed by atoms with E-state index in [4.69, 9.17) is 27.9 Å². The monoisotopic (exact) mass is 490 g/mol. The molecule has 0 bridgehead atoms. The number of carbonyl (C=O) groups is 1. The van der Waals surface area contributed by atoms with Crippen LogP contribution in [0.1, 0.15) is 12.0 Å². The molecule has 1 N–H and O–H groups in total. The lowest BCUT2D eigenvalue weighted by molar-refractivity contribution is -0.118. The van der Waals surface area contributed by atoms with Gasteiger partial charge in [0.25, 0.3) is 15.9 Å². The van der Waals surface area contributed by atoms with Gasteiger partial charge < -0.3 is 10.1 Å². The van der Waals surface area contributed by atoms with Gasteiger partial charge in [-0.2, -0.15) is 0 Å². The fourth-order valence-electron chi connectivity index (χ4n) is 3.50. The minimum absolute atomic E-state index is 0.168. The lowest BCUT2D eigenvalue weighted by Gasteiger charge is -2.30. The van der Waals surface area contributed by atoms with Crippen molar-refractivity contribution in [3.05, 3.63) is 82.3 Å². The number of hydrogen-bond acceptors (Lipinski definition) is 4. The first-order valence-corrected chi connectivity index (χ1v) is 12.1. The maximum absolute atomic E-state index is 13.2. The third kappa shape index (κ3) is 4.85. The van der Waals surface area contributed by atoms with Gasteiger partial charge in [-0.3, -0.25) is 9.10 Å². The van der Waals surface area contributed by atoms with E-state index < -0.39 is 10.0 Å². The maximum atomic E-state index is 13.2. The number of rotatable bonds is 6. The molecule has 3 aromatic carbocycles. The van der Waals surface area contributed by atoms with Crippen molar-refractivity contribution in [3.63, 3.8) is 0 Å². The van der Waals surface area contributed by atoms with Gasteiger partial charge in [-0.05, 0) is 66.9 Å². The van der Waals surface area contributed by atoms with E-state index >= 15 is 0 Å². The molecule has 1 aliphatic heterocycles. The summed E-state index contributed by atoms with van der Waals surface area (Å²) in [6.07, 6.45) is 1.63. The van der Waals surface area contributed by atoms with Crippen LogP contribution in [-0.2, 0) is 21.2 Å². The number of benzene rings is 3. The smallest absolute Gasteiger partial charge is 0.264 e. The summed E-state index contributed by atoms with van der Waals surface area (Å²) in [6.45, 7) is 0.193. The van der Waals surface area contributed by atoms with Gasteiger partial charge in [0.15, 0.2) is 6.61 Å². The highest BCUT2D eigenvalue weighted by Gasteiger charge is 2.28. The van der Waals surface area contributed by atoms with Crippen LogP contribution in [0.3, 0.4) is 0 Å². The van der Waals surface area contributed by atoms with Crippen molar-refractivity contribution in [2.45, 2.75) is 17.7 Å². The number of anilines is 2. The van der Waals surface area contributed by atoms with Crippen molar-refractivity contribution in [1.29, 1.82) is 0 Å². The second-order valence-electron chi connectivity index (χ2n) is 7.25. The van der Waals surface area contributed by atoms with Gasteiger partial charge in [0.05, 0.1) is 20.6 Å². The van der Waals surface area contributed by atoms with Crippen LogP contribution < -0.4 is 14.4 Å². The van der Waals surface area contributed by atoms with Crippen LogP contribution in [0.2, 0.25) is 10.0 Å². The number of amides is 1. The van der Waals surface area contributed by atoms with Crippen molar-refractivity contribution >= 4 is 50.5 Å². The SMILES string of the molecule is O=C(COc1ccc(S(=O)(=O)N2CCCc3ccccc32)cc1)Nc1ccc(Cl)c(Cl)c1. The summed E-state index contributed by atoms with van der Waals surface area (Å²) in [5.74, 6) is -0.00251. The molecule has 1 aliphatic rings. The number of nitrogens with one attached hydrogen (secondary N) is 1. The summed E-state index contributed by atoms with van der Waals surface area (Å²) in [5, 5.41) is 3.38. The molecule has 0 fully saturated rings. The molecular formula is C23H20Cl2N2O4S. The number of para-hydroxylation sites is 1. The minimum atomic E-state index is -3.70. The quantitative estimate of drug-likeness (QED) is 0.518. The molecule has 6 nitrogen and oxygen atoms in total. The summed E-state index contributed by atoms with van der Waals surface area (Å²) >= 11 is 11.8. The topological polar surface area (TPSA) is 75.7 Å². The Kier molecular flexibility index (Phi) is 6.60. The second kappa shape index (κ2) is 9.40. The Balaban J connectivity index is 1.41. The number of ether oxygens (including phenoxy) is 1. The van der Waals surface area contributed by atoms with Crippen LogP contribution in [0.5, 0.6) is 5.75 Å². The van der Waals surface area contributed by atoms with E-state index in [0.717, 1.165) is 24.1 Å². The predicted octanol–water partition coefficient (Wildman–Crippen LogP) is 5.15. The van der Waals surface area contributed by atoms with Gasteiger partial charge >= 0.3 is 0 Å². The lowest BCUT2D eigenvalue weighted by Crippen LogP contribution is -2.35. The van der Waals surface area contributed by atoms with Crippen LogP contribution in [0.15, 0.2) is 71.6 Å². The maximum Gasteiger partial charge on any atom is 0.264 e. The van der Waals surface area contributed by atoms with E-state index in [9.17, 15) is 13.2 Å². The summed E-state index contributed by atoms with van der Waals surface area (Å²) in [4.78, 5) is 12.3. The molecule has 0 atom stereocenters. The molecule has 9 heteroatoms. The Labute approximate surface area is 196 Å². The molecular weight excluding hydrogens is 471 g/mol. The first kappa shape index (κ1) is 22.5. The van der Waals surface area contributed by atoms with Crippen molar-refractivity contribution in [3.8, 4) is 5.75 Å². The molecule has 166 valence electrons. The molecule has 0 aromatic heterocycles. The Morgan fingerprint density at radius 2 is 1.75 bits per heavy atom. The van der Waals surface area contributed by atoms with Crippen LogP contribution in [-0.4, -0.2) is 27.5 Å². The first-order valence-electron chi connectivity index (χ1n) is 9.93. The molecule has 1 heterocycles. The van der Waals surface area contributed by atoms with Gasteiger partial charge in [0.2, 0.25) is 0 Å². The number of aryl methyl sites for hydroxylation is 1. The van der Waals surface area contributed by atoms with Gasteiger partial charge in [-0.1, -0.05) is 41.4 Å². The number of halogens is 2. The molecule has 0 saturated carbocycles. The minimum Gasteiger partial charge on any atom is -0.484 e. The molecule has 32 heavy (non-hydrogen) atoms. The predicted molar refractivity (Wildman–Crippen MR) is 126 cm³/mol. The zero-order valence-electron chi connectivity index (χ0n) is 16.9. The van der Waals surface area contributed by atoms with E-state index in [-0.39, 0.29) is 17.4 Å². The van der Waals surface area contributed by atoms with E-state index in [1.54, 1.807) is 18.2 Å². The van der Waals surface area contributed by atoms with Gasteiger partial charge in [-0.25, -0.2) is 8.42 Å². The van der Waals surface area contributed by atoms with E-state index in [2.05, 4.69) is 5.32 Å². The van der Waals surface area contributed by atoms with E-state index in [1.807, 2.05) is 24.3 Å². The third-order valence-corrected chi connectivity index (χ3v) is 7.62. The second-order valence-corrected chi connectivity index (χ2v) is 9.92. The molecule has 0 aliphatic carbocycles. The van der Waals surface area contributed by atoms with Crippen molar-refractivity contribution < 1.29 is 17.9 Å². The Morgan fingerprint density at radius 1 is 1.00 bits per heavy atom. The number of carbonyl (C=O) groups excluding carboxylic acids is 1. The van der Waals surface area contributed by atoms with Crippen LogP contribution >= 0.6 is 23.2 Å². The molecule has 1 amide bonds. The first-order chi connectivity index (χ1) is 15.3. The summed E-state index contributed by atoms with van der Waals surface area (Å²) in [6, 6.07) is 18.3. The number of nitrogens with zero attached hydrogens (tertiary/aromatic N) is 1. The van der Waals surface area contributed by atoms with Crippen molar-refractivity contribution in [2.75, 3.05) is 22.8 Å². The number of fused-ring (bicyclic) bond motifs is 1. The molecule has 0 spiro atoms. The highest BCUT2D eigenvalue weighted by Crippen LogP contribution is 2.32. The molecule has 0 saturated heterocycles. The zero-order valence-corrected chi connectivity index (χ0v) is 19.3. The average Bonchev–Trinajstić information content (AvgIpc) is 2.80. The van der Waals surface area contributed by atoms with Gasteiger partial charge in [0.1, 0.15) is 5.75 Å². The molecule has 0 unspecified atom stereocenters. The highest BCUT2D eigenvalue weighted by atomic mass is 35.5. The Morgan fingerprint density at radius 3 is 2.50 bits per heavy atom. The fraction of sp³-hybridized carbons (Fsp3) is 0.174. The lowest BCUT2D eigenvalue weighted by atomic mass is 10.0. The average molecular weight is 491 g/mol. The zero-order chi connectivity index (χ0) is 22.7. The third-order valence-electron chi connectivity index (χ3n) is 5.05. The summed E-state index contributed by atoms with van der Waals surface area (Å²) in [7, 11) is -3.70. The van der Waals surface area contributed by atoms with E-state index in [1.165, 1.54) is 28.6 Å². The van der Waals surface area contributed by atoms with Crippen LogP contribution in [0.4, 0.5) is 11.4 Å². The summed E-state index contributed by atoms with van der Waals surface area (Å²) in [5.41, 5.74) is 2.24. The van der Waals surface area contributed by atoms with Gasteiger partial charge in [0, 0.05) is 12.2 Å². The fourth-order valence-corrected chi connectivity index (χ4v) is 5.34. The molecule has 0 radical (unpaired) electrons. The number of hydrogen-bond donors (Lipinski definition) is 1. The Hall–Kier alpha value is -2.74. The van der Waals surface area contributed by atoms with Crippen molar-refractivity contribution in [2.24, 2.45) is 0 Å². The van der Waals surface area contributed by atoms with Crippen LogP contribution in [0.25, 0.3) is 0 Å². The largest absolute Gasteiger partial charge is 0.484 e. The van der Waals surface area contributed by atoms with Gasteiger partial charge in [-0.15, -0.1) is 0 Å². The van der Waals surface area contributed by atoms with E-state index in [0.29, 0.717) is 28.0 Å². The Bertz CT molecular complexity index is 1250. The highest BCUT2D eigenvalue weighted by molar-refractivity contribution is 7.92.